The number of hydrogen-bond donors (Lipinski definition) is 1. The molecule has 28 heavy (non-hydrogen) atoms. The Morgan fingerprint density at radius 3 is 2.61 bits per heavy atom. The van der Waals surface area contributed by atoms with Crippen molar-refractivity contribution >= 4 is 16.8 Å². The fourth-order valence-electron chi connectivity index (χ4n) is 3.00. The Labute approximate surface area is 162 Å². The number of para-hydroxylation sites is 2. The van der Waals surface area contributed by atoms with Gasteiger partial charge in [0.2, 0.25) is 5.91 Å². The number of aromatic nitrogens is 2. The molecule has 0 aliphatic heterocycles. The highest BCUT2D eigenvalue weighted by Crippen LogP contribution is 2.15. The first-order valence-electron chi connectivity index (χ1n) is 9.11. The Morgan fingerprint density at radius 2 is 1.82 bits per heavy atom. The van der Waals surface area contributed by atoms with Gasteiger partial charge in [0.1, 0.15) is 12.4 Å². The molecule has 0 atom stereocenters. The summed E-state index contributed by atoms with van der Waals surface area (Å²) in [6, 6.07) is 14.6. The van der Waals surface area contributed by atoms with Crippen LogP contribution in [-0.4, -0.2) is 40.6 Å². The third kappa shape index (κ3) is 4.31. The van der Waals surface area contributed by atoms with Gasteiger partial charge < -0.3 is 9.64 Å². The van der Waals surface area contributed by atoms with Crippen molar-refractivity contribution in [2.24, 2.45) is 0 Å². The summed E-state index contributed by atoms with van der Waals surface area (Å²) in [5.41, 5.74) is 0.631. The summed E-state index contributed by atoms with van der Waals surface area (Å²) in [6.07, 6.45) is 0.150. The molecule has 0 radical (unpaired) electrons. The molecule has 3 aromatic rings. The number of likely N-dealkylation sites (N-methyl/N-ethyl adjacent to an activating group) is 1. The van der Waals surface area contributed by atoms with Crippen LogP contribution in [0.2, 0.25) is 0 Å². The quantitative estimate of drug-likeness (QED) is 0.678. The first kappa shape index (κ1) is 19.4. The number of H-pyrrole nitrogens is 1. The van der Waals surface area contributed by atoms with Gasteiger partial charge in [0.15, 0.2) is 0 Å². The molecule has 0 spiro atoms. The third-order valence-electron chi connectivity index (χ3n) is 4.66. The van der Waals surface area contributed by atoms with Crippen LogP contribution in [0.5, 0.6) is 5.75 Å². The van der Waals surface area contributed by atoms with E-state index >= 15 is 0 Å². The van der Waals surface area contributed by atoms with Gasteiger partial charge in [-0.25, -0.2) is 4.79 Å². The van der Waals surface area contributed by atoms with E-state index in [4.69, 9.17) is 4.74 Å². The second kappa shape index (κ2) is 8.56. The molecule has 0 saturated heterocycles. The zero-order chi connectivity index (χ0) is 20.1. The maximum Gasteiger partial charge on any atom is 0.328 e. The molecule has 1 heterocycles. The van der Waals surface area contributed by atoms with Crippen LogP contribution in [0, 0.1) is 6.92 Å². The number of aromatic amines is 1. The molecular formula is C21H23N3O4. The second-order valence-corrected chi connectivity index (χ2v) is 6.61. The van der Waals surface area contributed by atoms with E-state index in [1.54, 1.807) is 36.2 Å². The van der Waals surface area contributed by atoms with Gasteiger partial charge in [-0.05, 0) is 30.7 Å². The van der Waals surface area contributed by atoms with Crippen LogP contribution in [0.25, 0.3) is 10.9 Å². The Bertz CT molecular complexity index is 1100. The van der Waals surface area contributed by atoms with Gasteiger partial charge in [0.05, 0.1) is 17.4 Å². The van der Waals surface area contributed by atoms with E-state index in [2.05, 4.69) is 4.98 Å². The number of carbonyl (C=O) groups excluding carboxylic acids is 1. The Morgan fingerprint density at radius 1 is 1.11 bits per heavy atom. The molecule has 0 aliphatic rings. The standard InChI is InChI=1S/C21H23N3O4/c1-15-7-3-6-10-18(15)28-14-13-23(2)19(25)11-12-24-17-9-5-4-8-16(17)20(26)22-21(24)27/h3-10H,11-14H2,1-2H3,(H,22,26,27). The smallest absolute Gasteiger partial charge is 0.328 e. The van der Waals surface area contributed by atoms with E-state index in [0.29, 0.717) is 24.1 Å². The van der Waals surface area contributed by atoms with Gasteiger partial charge in [-0.3, -0.25) is 19.1 Å². The van der Waals surface area contributed by atoms with E-state index in [1.165, 1.54) is 4.57 Å². The minimum Gasteiger partial charge on any atom is -0.491 e. The van der Waals surface area contributed by atoms with Gasteiger partial charge in [0.25, 0.3) is 5.56 Å². The number of amides is 1. The number of nitrogens with zero attached hydrogens (tertiary/aromatic N) is 2. The molecule has 3 rings (SSSR count). The molecule has 0 unspecified atom stereocenters. The van der Waals surface area contributed by atoms with Crippen LogP contribution in [0.4, 0.5) is 0 Å². The number of benzene rings is 2. The molecule has 7 heteroatoms. The van der Waals surface area contributed by atoms with Crippen molar-refractivity contribution in [3.63, 3.8) is 0 Å². The molecular weight excluding hydrogens is 358 g/mol. The summed E-state index contributed by atoms with van der Waals surface area (Å²) in [6.45, 7) is 2.98. The van der Waals surface area contributed by atoms with Gasteiger partial charge in [-0.1, -0.05) is 30.3 Å². The lowest BCUT2D eigenvalue weighted by atomic mass is 10.2. The minimum absolute atomic E-state index is 0.101. The number of carbonyl (C=O) groups is 1. The van der Waals surface area contributed by atoms with Gasteiger partial charge in [-0.15, -0.1) is 0 Å². The molecule has 1 amide bonds. The topological polar surface area (TPSA) is 84.4 Å². The van der Waals surface area contributed by atoms with Crippen LogP contribution >= 0.6 is 0 Å². The van der Waals surface area contributed by atoms with Gasteiger partial charge in [-0.2, -0.15) is 0 Å². The van der Waals surface area contributed by atoms with Crippen LogP contribution in [-0.2, 0) is 11.3 Å². The van der Waals surface area contributed by atoms with E-state index in [-0.39, 0.29) is 18.9 Å². The number of rotatable bonds is 7. The summed E-state index contributed by atoms with van der Waals surface area (Å²) in [5, 5.41) is 0.425. The van der Waals surface area contributed by atoms with Crippen molar-refractivity contribution in [2.75, 3.05) is 20.2 Å². The highest BCUT2D eigenvalue weighted by atomic mass is 16.5. The largest absolute Gasteiger partial charge is 0.491 e. The lowest BCUT2D eigenvalue weighted by Crippen LogP contribution is -2.34. The predicted octanol–water partition coefficient (Wildman–Crippen LogP) is 1.93. The predicted molar refractivity (Wildman–Crippen MR) is 108 cm³/mol. The number of fused-ring (bicyclic) bond motifs is 1. The van der Waals surface area contributed by atoms with Crippen LogP contribution in [0.3, 0.4) is 0 Å². The van der Waals surface area contributed by atoms with Crippen molar-refractivity contribution in [1.29, 1.82) is 0 Å². The summed E-state index contributed by atoms with van der Waals surface area (Å²) in [5.74, 6) is 0.699. The minimum atomic E-state index is -0.512. The molecule has 1 N–H and O–H groups in total. The van der Waals surface area contributed by atoms with Crippen molar-refractivity contribution in [3.8, 4) is 5.75 Å². The summed E-state index contributed by atoms with van der Waals surface area (Å²) in [4.78, 5) is 40.4. The normalized spacial score (nSPS) is 10.8. The number of hydrogen-bond acceptors (Lipinski definition) is 4. The summed E-state index contributed by atoms with van der Waals surface area (Å²) >= 11 is 0. The van der Waals surface area contributed by atoms with E-state index < -0.39 is 11.2 Å². The molecule has 0 bridgehead atoms. The highest BCUT2D eigenvalue weighted by Gasteiger charge is 2.12. The van der Waals surface area contributed by atoms with Crippen LogP contribution < -0.4 is 16.0 Å². The lowest BCUT2D eigenvalue weighted by Gasteiger charge is -2.18. The second-order valence-electron chi connectivity index (χ2n) is 6.61. The molecule has 146 valence electrons. The van der Waals surface area contributed by atoms with Crippen LogP contribution in [0.1, 0.15) is 12.0 Å². The lowest BCUT2D eigenvalue weighted by molar-refractivity contribution is -0.130. The SMILES string of the molecule is Cc1ccccc1OCCN(C)C(=O)CCn1c(=O)[nH]c(=O)c2ccccc21. The first-order valence-corrected chi connectivity index (χ1v) is 9.11. The maximum absolute atomic E-state index is 12.4. The Hall–Kier alpha value is -3.35. The first-order chi connectivity index (χ1) is 13.5. The number of aryl methyl sites for hydroxylation is 2. The fourth-order valence-corrected chi connectivity index (χ4v) is 3.00. The summed E-state index contributed by atoms with van der Waals surface area (Å²) < 4.78 is 7.14. The van der Waals surface area contributed by atoms with Gasteiger partial charge >= 0.3 is 5.69 Å². The molecule has 1 aromatic heterocycles. The van der Waals surface area contributed by atoms with E-state index in [1.807, 2.05) is 31.2 Å². The van der Waals surface area contributed by atoms with Crippen molar-refractivity contribution in [3.05, 3.63) is 74.9 Å². The van der Waals surface area contributed by atoms with Crippen LogP contribution in [0.15, 0.2) is 58.1 Å². The molecule has 2 aromatic carbocycles. The highest BCUT2D eigenvalue weighted by molar-refractivity contribution is 5.78. The number of ether oxygens (including phenoxy) is 1. The maximum atomic E-state index is 12.4. The number of nitrogens with one attached hydrogen (secondary N) is 1. The average Bonchev–Trinajstić information content (AvgIpc) is 2.69. The summed E-state index contributed by atoms with van der Waals surface area (Å²) in [7, 11) is 1.71. The van der Waals surface area contributed by atoms with E-state index in [9.17, 15) is 14.4 Å². The molecule has 0 saturated carbocycles. The Kier molecular flexibility index (Phi) is 5.93. The van der Waals surface area contributed by atoms with Crippen molar-refractivity contribution in [2.45, 2.75) is 19.9 Å². The van der Waals surface area contributed by atoms with Crippen molar-refractivity contribution in [1.82, 2.24) is 14.5 Å². The molecule has 7 nitrogen and oxygen atoms in total. The third-order valence-corrected chi connectivity index (χ3v) is 4.66. The zero-order valence-electron chi connectivity index (χ0n) is 16.0. The molecule has 0 fully saturated rings. The van der Waals surface area contributed by atoms with E-state index in [0.717, 1.165) is 11.3 Å². The zero-order valence-corrected chi connectivity index (χ0v) is 16.0. The molecule has 0 aliphatic carbocycles. The average molecular weight is 381 g/mol. The van der Waals surface area contributed by atoms with Gasteiger partial charge in [0, 0.05) is 20.0 Å². The Balaban J connectivity index is 1.60. The van der Waals surface area contributed by atoms with Crippen molar-refractivity contribution < 1.29 is 9.53 Å². The monoisotopic (exact) mass is 381 g/mol. The fraction of sp³-hybridized carbons (Fsp3) is 0.286.